The van der Waals surface area contributed by atoms with Crippen molar-refractivity contribution in [2.45, 2.75) is 31.2 Å². The van der Waals surface area contributed by atoms with Gasteiger partial charge in [0.2, 0.25) is 0 Å². The fraction of sp³-hybridized carbons (Fsp3) is 0.278. The zero-order valence-corrected chi connectivity index (χ0v) is 16.0. The molecule has 0 unspecified atom stereocenters. The van der Waals surface area contributed by atoms with Crippen molar-refractivity contribution in [3.05, 3.63) is 41.0 Å². The lowest BCUT2D eigenvalue weighted by atomic mass is 10.0. The number of alkyl halides is 3. The lowest BCUT2D eigenvalue weighted by molar-refractivity contribution is 0.0862. The lowest BCUT2D eigenvalue weighted by Crippen LogP contribution is -2.44. The Morgan fingerprint density at radius 3 is 2.78 bits per heavy atom. The molecule has 1 atom stereocenters. The van der Waals surface area contributed by atoms with E-state index in [9.17, 15) is 13.6 Å². The normalized spacial score (nSPS) is 13.9. The first-order valence-corrected chi connectivity index (χ1v) is 9.25. The Kier molecular flexibility index (Phi) is 4.93. The predicted molar refractivity (Wildman–Crippen MR) is 101 cm³/mol. The summed E-state index contributed by atoms with van der Waals surface area (Å²) in [5.41, 5.74) is -1.13. The molecule has 0 aliphatic rings. The van der Waals surface area contributed by atoms with E-state index >= 15 is 0 Å². The van der Waals surface area contributed by atoms with Gasteiger partial charge >= 0.3 is 5.38 Å². The highest BCUT2D eigenvalue weighted by atomic mass is 35.5. The molecule has 1 amide bonds. The molecule has 0 aromatic carbocycles. The number of amides is 1. The van der Waals surface area contributed by atoms with Gasteiger partial charge in [-0.2, -0.15) is 13.9 Å². The van der Waals surface area contributed by atoms with Gasteiger partial charge in [-0.05, 0) is 42.5 Å². The zero-order chi connectivity index (χ0) is 19.8. The van der Waals surface area contributed by atoms with Gasteiger partial charge in [-0.25, -0.2) is 9.50 Å². The maximum atomic E-state index is 13.9. The van der Waals surface area contributed by atoms with Crippen LogP contribution in [0.1, 0.15) is 36.5 Å². The molecule has 0 radical (unpaired) electrons. The number of nitrogens with zero attached hydrogens (tertiary/aromatic N) is 3. The van der Waals surface area contributed by atoms with Crippen LogP contribution in [0.3, 0.4) is 0 Å². The van der Waals surface area contributed by atoms with Crippen molar-refractivity contribution in [1.29, 1.82) is 0 Å². The number of thiophene rings is 1. The van der Waals surface area contributed by atoms with Gasteiger partial charge in [0.05, 0.1) is 16.1 Å². The van der Waals surface area contributed by atoms with Gasteiger partial charge in [0.15, 0.2) is 11.3 Å². The van der Waals surface area contributed by atoms with Gasteiger partial charge < -0.3 is 5.32 Å². The summed E-state index contributed by atoms with van der Waals surface area (Å²) in [6, 6.07) is 6.03. The summed E-state index contributed by atoms with van der Waals surface area (Å²) in [6.45, 7) is 3.51. The van der Waals surface area contributed by atoms with Crippen molar-refractivity contribution >= 4 is 34.5 Å². The molecule has 0 bridgehead atoms. The minimum absolute atomic E-state index is 0.0806. The van der Waals surface area contributed by atoms with Crippen molar-refractivity contribution in [1.82, 2.24) is 19.9 Å². The minimum Gasteiger partial charge on any atom is -0.335 e. The number of nitrogens with one attached hydrogen (secondary N) is 1. The summed E-state index contributed by atoms with van der Waals surface area (Å²) >= 11 is 6.61. The third-order valence-electron chi connectivity index (χ3n) is 4.14. The predicted octanol–water partition coefficient (Wildman–Crippen LogP) is 4.28. The minimum atomic E-state index is -3.69. The number of halogens is 3. The third kappa shape index (κ3) is 3.80. The number of hydrogen-bond acceptors (Lipinski definition) is 4. The zero-order valence-electron chi connectivity index (χ0n) is 14.5. The summed E-state index contributed by atoms with van der Waals surface area (Å²) < 4.78 is 28.8. The molecule has 0 aliphatic carbocycles. The van der Waals surface area contributed by atoms with E-state index in [-0.39, 0.29) is 11.3 Å². The van der Waals surface area contributed by atoms with E-state index in [1.54, 1.807) is 24.4 Å². The number of rotatable bonds is 5. The van der Waals surface area contributed by atoms with Gasteiger partial charge in [0, 0.05) is 6.07 Å². The Balaban J connectivity index is 2.11. The first-order chi connectivity index (χ1) is 12.7. The third-order valence-corrected chi connectivity index (χ3v) is 5.22. The fourth-order valence-corrected chi connectivity index (χ4v) is 3.20. The highest BCUT2D eigenvalue weighted by Crippen LogP contribution is 2.35. The van der Waals surface area contributed by atoms with Crippen LogP contribution in [-0.4, -0.2) is 26.0 Å². The Morgan fingerprint density at radius 2 is 2.22 bits per heavy atom. The van der Waals surface area contributed by atoms with Crippen LogP contribution in [-0.2, 0) is 5.38 Å². The van der Waals surface area contributed by atoms with Crippen molar-refractivity contribution in [3.8, 4) is 22.9 Å². The molecule has 0 aliphatic heterocycles. The van der Waals surface area contributed by atoms with E-state index in [0.717, 1.165) is 10.6 Å². The molecule has 3 aromatic heterocycles. The van der Waals surface area contributed by atoms with Crippen LogP contribution in [0.4, 0.5) is 8.78 Å². The van der Waals surface area contributed by atoms with Crippen LogP contribution in [0.25, 0.3) is 16.2 Å². The van der Waals surface area contributed by atoms with Crippen molar-refractivity contribution in [2.75, 3.05) is 0 Å². The molecule has 140 valence electrons. The van der Waals surface area contributed by atoms with E-state index in [1.807, 2.05) is 6.92 Å². The topological polar surface area (TPSA) is 59.3 Å². The lowest BCUT2D eigenvalue weighted by Gasteiger charge is -2.22. The highest BCUT2D eigenvalue weighted by molar-refractivity contribution is 7.13. The maximum absolute atomic E-state index is 13.9. The molecule has 0 fully saturated rings. The number of hydrogen-bond donors (Lipinski definition) is 1. The second-order valence-corrected chi connectivity index (χ2v) is 7.51. The fourth-order valence-electron chi connectivity index (χ4n) is 2.38. The first kappa shape index (κ1) is 19.3. The smallest absolute Gasteiger partial charge is 0.335 e. The molecule has 5 nitrogen and oxygen atoms in total. The Hall–Kier alpha value is -2.50. The van der Waals surface area contributed by atoms with Crippen LogP contribution >= 0.6 is 22.9 Å². The summed E-state index contributed by atoms with van der Waals surface area (Å²) in [6.07, 6.45) is 5.95. The van der Waals surface area contributed by atoms with Crippen LogP contribution in [0.2, 0.25) is 0 Å². The van der Waals surface area contributed by atoms with Crippen LogP contribution in [0, 0.1) is 12.3 Å². The van der Waals surface area contributed by atoms with Gasteiger partial charge in [0.1, 0.15) is 5.69 Å². The molecular weight excluding hydrogens is 394 g/mol. The number of carbonyl (C=O) groups is 1. The second-order valence-electron chi connectivity index (χ2n) is 6.09. The number of aromatic nitrogens is 3. The largest absolute Gasteiger partial charge is 0.364 e. The van der Waals surface area contributed by atoms with Crippen LogP contribution in [0.15, 0.2) is 29.6 Å². The highest BCUT2D eigenvalue weighted by Gasteiger charge is 2.33. The Morgan fingerprint density at radius 1 is 1.48 bits per heavy atom. The summed E-state index contributed by atoms with van der Waals surface area (Å²) in [5, 5.41) is 4.76. The van der Waals surface area contributed by atoms with E-state index in [4.69, 9.17) is 18.0 Å². The molecular formula is C18H15ClF2N4OS. The molecule has 3 heterocycles. The maximum Gasteiger partial charge on any atom is 0.364 e. The molecule has 3 rings (SSSR count). The summed E-state index contributed by atoms with van der Waals surface area (Å²) in [4.78, 5) is 17.5. The molecule has 9 heteroatoms. The van der Waals surface area contributed by atoms with Crippen molar-refractivity contribution in [3.63, 3.8) is 0 Å². The van der Waals surface area contributed by atoms with Gasteiger partial charge in [0.25, 0.3) is 5.91 Å². The molecule has 0 spiro atoms. The van der Waals surface area contributed by atoms with Gasteiger partial charge in [-0.3, -0.25) is 4.79 Å². The number of terminal acetylenes is 1. The van der Waals surface area contributed by atoms with E-state index < -0.39 is 22.5 Å². The van der Waals surface area contributed by atoms with E-state index in [0.29, 0.717) is 17.0 Å². The number of fused-ring (bicyclic) bond motifs is 1. The van der Waals surface area contributed by atoms with Gasteiger partial charge in [-0.15, -0.1) is 17.8 Å². The van der Waals surface area contributed by atoms with Gasteiger partial charge in [-0.1, -0.05) is 18.9 Å². The molecule has 27 heavy (non-hydrogen) atoms. The summed E-state index contributed by atoms with van der Waals surface area (Å²) in [7, 11) is 0. The second kappa shape index (κ2) is 6.91. The quantitative estimate of drug-likeness (QED) is 0.506. The average molecular weight is 409 g/mol. The molecule has 0 saturated carbocycles. The van der Waals surface area contributed by atoms with E-state index in [1.165, 1.54) is 17.4 Å². The van der Waals surface area contributed by atoms with Crippen molar-refractivity contribution < 1.29 is 13.6 Å². The standard InChI is InChI=1S/C18H15ClF2N4OS/c1-4-17(3,5-2)23-16(26)12-10-15-22-11(13-7-6-8-27-13)9-14(18(19,20)21)25(15)24-12/h1,6-10H,5H2,2-3H3,(H,23,26)/t17-/m0/s1. The first-order valence-electron chi connectivity index (χ1n) is 7.99. The Labute approximate surface area is 163 Å². The summed E-state index contributed by atoms with van der Waals surface area (Å²) in [5.74, 6) is 1.92. The average Bonchev–Trinajstić information content (AvgIpc) is 3.29. The van der Waals surface area contributed by atoms with Crippen LogP contribution in [0.5, 0.6) is 0 Å². The monoisotopic (exact) mass is 408 g/mol. The molecule has 1 N–H and O–H groups in total. The van der Waals surface area contributed by atoms with E-state index in [2.05, 4.69) is 21.3 Å². The molecule has 3 aromatic rings. The number of carbonyl (C=O) groups excluding carboxylic acids is 1. The van der Waals surface area contributed by atoms with Crippen molar-refractivity contribution in [2.24, 2.45) is 0 Å². The molecule has 0 saturated heterocycles. The SMILES string of the molecule is C#C[C@@](C)(CC)NC(=O)c1cc2nc(-c3cccs3)cc(C(F)(F)Cl)n2n1. The Bertz CT molecular complexity index is 1040. The van der Waals surface area contributed by atoms with Crippen LogP contribution < -0.4 is 5.32 Å².